The number of carbonyl (C=O) groups is 1. The van der Waals surface area contributed by atoms with Crippen LogP contribution >= 0.6 is 0 Å². The van der Waals surface area contributed by atoms with Crippen LogP contribution in [0.1, 0.15) is 19.8 Å². The van der Waals surface area contributed by atoms with Crippen LogP contribution in [-0.2, 0) is 4.74 Å². The minimum Gasteiger partial charge on any atom is -0.446 e. The lowest BCUT2D eigenvalue weighted by Crippen LogP contribution is -2.28. The number of nitrogens with zero attached hydrogens (tertiary/aromatic N) is 1. The van der Waals surface area contributed by atoms with E-state index < -0.39 is 0 Å². The molecule has 0 aliphatic rings. The summed E-state index contributed by atoms with van der Waals surface area (Å²) in [6.07, 6.45) is 1.44. The molecule has 4 heteroatoms. The van der Waals surface area contributed by atoms with Crippen molar-refractivity contribution in [1.29, 1.82) is 0 Å². The highest BCUT2D eigenvalue weighted by Crippen LogP contribution is 2.04. The fourth-order valence-electron chi connectivity index (χ4n) is 0.959. The second-order valence-corrected chi connectivity index (χ2v) is 3.28. The van der Waals surface area contributed by atoms with Gasteiger partial charge in [0.2, 0.25) is 0 Å². The van der Waals surface area contributed by atoms with E-state index in [0.29, 0.717) is 0 Å². The molecule has 0 aromatic carbocycles. The van der Waals surface area contributed by atoms with E-state index >= 15 is 0 Å². The molecule has 4 nitrogen and oxygen atoms in total. The number of alkyl carbamates (subject to hydrolysis) is 1. The number of nitrogens with one attached hydrogen (secondary N) is 1. The zero-order valence-electron chi connectivity index (χ0n) is 8.96. The number of rotatable bonds is 5. The minimum atomic E-state index is -0.342. The highest BCUT2D eigenvalue weighted by molar-refractivity contribution is 5.66. The average Bonchev–Trinajstić information content (AvgIpc) is 2.11. The number of carbonyl (C=O) groups excluding carboxylic acids is 1. The lowest BCUT2D eigenvalue weighted by molar-refractivity contribution is 0.0873. The predicted molar refractivity (Wildman–Crippen MR) is 52.8 cm³/mol. The van der Waals surface area contributed by atoms with Gasteiger partial charge in [0.25, 0.3) is 0 Å². The third-order valence-corrected chi connectivity index (χ3v) is 1.83. The second-order valence-electron chi connectivity index (χ2n) is 3.28. The molecular formula is C9H20N2O2. The molecule has 0 fully saturated rings. The topological polar surface area (TPSA) is 41.6 Å². The van der Waals surface area contributed by atoms with Crippen molar-refractivity contribution in [3.8, 4) is 0 Å². The summed E-state index contributed by atoms with van der Waals surface area (Å²) in [5, 5.41) is 2.44. The summed E-state index contributed by atoms with van der Waals surface area (Å²) >= 11 is 0. The minimum absolute atomic E-state index is 0.0300. The van der Waals surface area contributed by atoms with Gasteiger partial charge in [-0.25, -0.2) is 4.79 Å². The molecule has 0 bridgehead atoms. The Morgan fingerprint density at radius 2 is 2.15 bits per heavy atom. The second kappa shape index (κ2) is 6.71. The van der Waals surface area contributed by atoms with Gasteiger partial charge in [0.1, 0.15) is 6.10 Å². The van der Waals surface area contributed by atoms with Crippen molar-refractivity contribution in [2.75, 3.05) is 27.7 Å². The summed E-state index contributed by atoms with van der Waals surface area (Å²) < 4.78 is 5.12. The van der Waals surface area contributed by atoms with Crippen molar-refractivity contribution in [2.45, 2.75) is 25.9 Å². The quantitative estimate of drug-likeness (QED) is 0.701. The fourth-order valence-corrected chi connectivity index (χ4v) is 0.959. The lowest BCUT2D eigenvalue weighted by atomic mass is 10.2. The zero-order chi connectivity index (χ0) is 10.3. The highest BCUT2D eigenvalue weighted by atomic mass is 16.6. The lowest BCUT2D eigenvalue weighted by Gasteiger charge is -2.17. The Balaban J connectivity index is 3.69. The van der Waals surface area contributed by atoms with Gasteiger partial charge in [0.15, 0.2) is 0 Å². The van der Waals surface area contributed by atoms with Crippen LogP contribution in [-0.4, -0.2) is 44.8 Å². The van der Waals surface area contributed by atoms with Gasteiger partial charge >= 0.3 is 6.09 Å². The Hall–Kier alpha value is -0.770. The first-order valence-corrected chi connectivity index (χ1v) is 4.63. The maximum atomic E-state index is 10.9. The summed E-state index contributed by atoms with van der Waals surface area (Å²) in [5.41, 5.74) is 0. The van der Waals surface area contributed by atoms with Crippen LogP contribution in [0, 0.1) is 0 Å². The van der Waals surface area contributed by atoms with E-state index in [0.717, 1.165) is 19.4 Å². The standard InChI is InChI=1S/C9H20N2O2/c1-5-8(6-7-11(3)4)13-9(12)10-2/h8H,5-7H2,1-4H3,(H,10,12). The normalized spacial score (nSPS) is 12.7. The van der Waals surface area contributed by atoms with Crippen molar-refractivity contribution in [2.24, 2.45) is 0 Å². The Morgan fingerprint density at radius 3 is 2.54 bits per heavy atom. The van der Waals surface area contributed by atoms with Crippen LogP contribution in [0.2, 0.25) is 0 Å². The van der Waals surface area contributed by atoms with Crippen molar-refractivity contribution in [3.63, 3.8) is 0 Å². The first kappa shape index (κ1) is 12.2. The summed E-state index contributed by atoms with van der Waals surface area (Å²) in [6, 6.07) is 0. The van der Waals surface area contributed by atoms with Crippen LogP contribution in [0.3, 0.4) is 0 Å². The molecular weight excluding hydrogens is 168 g/mol. The van der Waals surface area contributed by atoms with Crippen LogP contribution < -0.4 is 5.32 Å². The van der Waals surface area contributed by atoms with Gasteiger partial charge in [0, 0.05) is 13.6 Å². The van der Waals surface area contributed by atoms with Gasteiger partial charge in [-0.15, -0.1) is 0 Å². The van der Waals surface area contributed by atoms with Crippen molar-refractivity contribution < 1.29 is 9.53 Å². The largest absolute Gasteiger partial charge is 0.446 e. The van der Waals surface area contributed by atoms with Crippen molar-refractivity contribution >= 4 is 6.09 Å². The molecule has 0 radical (unpaired) electrons. The third-order valence-electron chi connectivity index (χ3n) is 1.83. The molecule has 0 rings (SSSR count). The molecule has 1 N–H and O–H groups in total. The average molecular weight is 188 g/mol. The smallest absolute Gasteiger partial charge is 0.407 e. The van der Waals surface area contributed by atoms with Gasteiger partial charge in [-0.05, 0) is 26.9 Å². The molecule has 0 aromatic rings. The molecule has 0 aromatic heterocycles. The van der Waals surface area contributed by atoms with E-state index in [-0.39, 0.29) is 12.2 Å². The van der Waals surface area contributed by atoms with Crippen LogP contribution in [0.15, 0.2) is 0 Å². The van der Waals surface area contributed by atoms with Crippen LogP contribution in [0.4, 0.5) is 4.79 Å². The molecule has 13 heavy (non-hydrogen) atoms. The first-order chi connectivity index (χ1) is 6.10. The fraction of sp³-hybridized carbons (Fsp3) is 0.889. The number of hydrogen-bond donors (Lipinski definition) is 1. The molecule has 1 unspecified atom stereocenters. The third kappa shape index (κ3) is 6.40. The van der Waals surface area contributed by atoms with Gasteiger partial charge in [-0.3, -0.25) is 0 Å². The van der Waals surface area contributed by atoms with Gasteiger partial charge < -0.3 is 15.0 Å². The summed E-state index contributed by atoms with van der Waals surface area (Å²) in [5.74, 6) is 0. The maximum absolute atomic E-state index is 10.9. The molecule has 0 saturated carbocycles. The maximum Gasteiger partial charge on any atom is 0.407 e. The predicted octanol–water partition coefficient (Wildman–Crippen LogP) is 1.07. The van der Waals surface area contributed by atoms with Crippen molar-refractivity contribution in [3.05, 3.63) is 0 Å². The van der Waals surface area contributed by atoms with Crippen molar-refractivity contribution in [1.82, 2.24) is 10.2 Å². The van der Waals surface area contributed by atoms with E-state index in [1.54, 1.807) is 7.05 Å². The number of hydrogen-bond acceptors (Lipinski definition) is 3. The van der Waals surface area contributed by atoms with E-state index in [4.69, 9.17) is 4.74 Å². The Bertz CT molecular complexity index is 149. The van der Waals surface area contributed by atoms with Crippen LogP contribution in [0.25, 0.3) is 0 Å². The summed E-state index contributed by atoms with van der Waals surface area (Å²) in [7, 11) is 5.58. The molecule has 1 atom stereocenters. The van der Waals surface area contributed by atoms with E-state index in [1.165, 1.54) is 0 Å². The van der Waals surface area contributed by atoms with E-state index in [9.17, 15) is 4.79 Å². The molecule has 0 heterocycles. The summed E-state index contributed by atoms with van der Waals surface area (Å²) in [4.78, 5) is 13.0. The van der Waals surface area contributed by atoms with Gasteiger partial charge in [0.05, 0.1) is 0 Å². The highest BCUT2D eigenvalue weighted by Gasteiger charge is 2.10. The Kier molecular flexibility index (Phi) is 6.32. The molecule has 78 valence electrons. The number of ether oxygens (including phenoxy) is 1. The monoisotopic (exact) mass is 188 g/mol. The molecule has 1 amide bonds. The Labute approximate surface area is 80.2 Å². The molecule has 0 saturated heterocycles. The number of amides is 1. The Morgan fingerprint density at radius 1 is 1.54 bits per heavy atom. The van der Waals surface area contributed by atoms with E-state index in [2.05, 4.69) is 10.2 Å². The van der Waals surface area contributed by atoms with Gasteiger partial charge in [-0.2, -0.15) is 0 Å². The molecule has 0 spiro atoms. The van der Waals surface area contributed by atoms with E-state index in [1.807, 2.05) is 21.0 Å². The zero-order valence-corrected chi connectivity index (χ0v) is 8.96. The van der Waals surface area contributed by atoms with Crippen LogP contribution in [0.5, 0.6) is 0 Å². The SMILES string of the molecule is CCC(CCN(C)C)OC(=O)NC. The first-order valence-electron chi connectivity index (χ1n) is 4.63. The van der Waals surface area contributed by atoms with Gasteiger partial charge in [-0.1, -0.05) is 6.92 Å². The summed E-state index contributed by atoms with van der Waals surface area (Å²) in [6.45, 7) is 2.96. The molecule has 0 aliphatic heterocycles. The molecule has 0 aliphatic carbocycles.